The number of anilines is 1. The Hall–Kier alpha value is -5.16. The van der Waals surface area contributed by atoms with Crippen LogP contribution in [0.2, 0.25) is 0 Å². The monoisotopic (exact) mass is 851 g/mol. The third-order valence-corrected chi connectivity index (χ3v) is 12.2. The highest BCUT2D eigenvalue weighted by molar-refractivity contribution is 6.23. The quantitative estimate of drug-likeness (QED) is 0.0499. The van der Waals surface area contributed by atoms with E-state index in [2.05, 4.69) is 15.4 Å². The molecule has 0 aliphatic carbocycles. The van der Waals surface area contributed by atoms with Gasteiger partial charge < -0.3 is 54.6 Å². The van der Waals surface area contributed by atoms with E-state index in [0.717, 1.165) is 32.1 Å². The minimum atomic E-state index is -2.06. The summed E-state index contributed by atoms with van der Waals surface area (Å²) in [6.45, 7) is 15.2. The third kappa shape index (κ3) is 9.82. The first-order valence-electron chi connectivity index (χ1n) is 20.8. The molecule has 16 nitrogen and oxygen atoms in total. The van der Waals surface area contributed by atoms with E-state index in [9.17, 15) is 39.9 Å². The zero-order valence-corrected chi connectivity index (χ0v) is 36.4. The number of carbonyl (C=O) groups is 3. The fourth-order valence-corrected chi connectivity index (χ4v) is 8.37. The lowest BCUT2D eigenvalue weighted by Gasteiger charge is -2.38. The van der Waals surface area contributed by atoms with Crippen LogP contribution in [-0.4, -0.2) is 118 Å². The number of hydrogen-bond donors (Lipinski definition) is 6. The van der Waals surface area contributed by atoms with Gasteiger partial charge in [-0.15, -0.1) is 0 Å². The highest BCUT2D eigenvalue weighted by atomic mass is 16.7. The first-order chi connectivity index (χ1) is 28.8. The molecule has 1 saturated heterocycles. The van der Waals surface area contributed by atoms with Crippen LogP contribution in [0.15, 0.2) is 41.3 Å². The van der Waals surface area contributed by atoms with Crippen molar-refractivity contribution in [2.24, 2.45) is 28.8 Å². The normalized spacial score (nSPS) is 31.3. The number of aromatic hydroxyl groups is 3. The number of fused-ring (bicyclic) bond motifs is 14. The van der Waals surface area contributed by atoms with Crippen LogP contribution >= 0.6 is 0 Å². The van der Waals surface area contributed by atoms with Gasteiger partial charge >= 0.3 is 11.8 Å². The van der Waals surface area contributed by atoms with E-state index in [0.29, 0.717) is 6.54 Å². The van der Waals surface area contributed by atoms with E-state index < -0.39 is 88.8 Å². The Morgan fingerprint density at radius 1 is 0.967 bits per heavy atom. The molecule has 9 atom stereocenters. The molecular formula is C45H61N3O13. The van der Waals surface area contributed by atoms with Crippen LogP contribution in [0.3, 0.4) is 0 Å². The summed E-state index contributed by atoms with van der Waals surface area (Å²) >= 11 is 0. The number of Topliss-reactive ketones (excluding diaryl/α,β-unsaturated/α-hetero) is 1. The number of allylic oxidation sites excluding steroid dienone is 2. The predicted molar refractivity (Wildman–Crippen MR) is 228 cm³/mol. The molecule has 5 bridgehead atoms. The van der Waals surface area contributed by atoms with E-state index in [1.807, 2.05) is 0 Å². The van der Waals surface area contributed by atoms with Crippen LogP contribution in [0.4, 0.5) is 5.69 Å². The molecule has 2 aromatic carbocycles. The van der Waals surface area contributed by atoms with Gasteiger partial charge in [-0.05, 0) is 45.9 Å². The summed E-state index contributed by atoms with van der Waals surface area (Å²) in [6.07, 6.45) is 7.96. The summed E-state index contributed by atoms with van der Waals surface area (Å²) in [5.74, 6) is -8.57. The molecule has 334 valence electrons. The molecule has 0 aromatic heterocycles. The number of benzene rings is 2. The van der Waals surface area contributed by atoms with Gasteiger partial charge in [0, 0.05) is 67.7 Å². The lowest BCUT2D eigenvalue weighted by molar-refractivity contribution is -0.160. The number of phenolic OH excluding ortho intramolecular Hbond substituents is 3. The number of amides is 1. The van der Waals surface area contributed by atoms with Crippen molar-refractivity contribution in [3.8, 4) is 23.0 Å². The van der Waals surface area contributed by atoms with Gasteiger partial charge in [0.1, 0.15) is 30.0 Å². The van der Waals surface area contributed by atoms with Gasteiger partial charge in [0.2, 0.25) is 0 Å². The third-order valence-electron chi connectivity index (χ3n) is 12.2. The Balaban J connectivity index is 1.65. The number of esters is 1. The molecule has 6 N–H and O–H groups in total. The summed E-state index contributed by atoms with van der Waals surface area (Å²) in [5.41, 5.74) is -0.555. The molecule has 2 aromatic rings. The van der Waals surface area contributed by atoms with E-state index in [4.69, 9.17) is 23.8 Å². The molecule has 6 rings (SSSR count). The van der Waals surface area contributed by atoms with Gasteiger partial charge in [0.05, 0.1) is 53.0 Å². The maximum Gasteiger partial charge on any atom is 0.312 e. The summed E-state index contributed by atoms with van der Waals surface area (Å²) in [6, 6.07) is 0. The first-order valence-corrected chi connectivity index (χ1v) is 20.8. The number of aliphatic hydroxyl groups is 2. The number of methoxy groups -OCH3 is 1. The first kappa shape index (κ1) is 46.9. The fraction of sp³-hybridized carbons (Fsp3) is 0.556. The number of nitrogens with zero attached hydrogens (tertiary/aromatic N) is 2. The maximum absolute atomic E-state index is 14.4. The van der Waals surface area contributed by atoms with Gasteiger partial charge in [-0.1, -0.05) is 57.5 Å². The van der Waals surface area contributed by atoms with Crippen LogP contribution in [0, 0.1) is 30.6 Å². The minimum Gasteiger partial charge on any atom is -0.507 e. The number of aliphatic hydroxyl groups excluding tert-OH is 2. The van der Waals surface area contributed by atoms with Gasteiger partial charge in [-0.25, -0.2) is 0 Å². The second-order valence-electron chi connectivity index (χ2n) is 16.6. The van der Waals surface area contributed by atoms with E-state index in [1.165, 1.54) is 59.6 Å². The Bertz CT molecular complexity index is 2090. The molecule has 0 saturated carbocycles. The molecule has 0 radical (unpaired) electrons. The van der Waals surface area contributed by atoms with Crippen molar-refractivity contribution in [3.05, 3.63) is 52.8 Å². The van der Waals surface area contributed by atoms with E-state index >= 15 is 0 Å². The average Bonchev–Trinajstić information content (AvgIpc) is 3.50. The van der Waals surface area contributed by atoms with Crippen molar-refractivity contribution in [3.63, 3.8) is 0 Å². The van der Waals surface area contributed by atoms with Crippen molar-refractivity contribution in [2.75, 3.05) is 38.7 Å². The number of hydrogen-bond acceptors (Lipinski definition) is 15. The van der Waals surface area contributed by atoms with Crippen molar-refractivity contribution in [1.29, 1.82) is 0 Å². The predicted octanol–water partition coefficient (Wildman–Crippen LogP) is 5.59. The number of rotatable bonds is 7. The molecule has 0 spiro atoms. The smallest absolute Gasteiger partial charge is 0.312 e. The second-order valence-corrected chi connectivity index (χ2v) is 16.6. The van der Waals surface area contributed by atoms with Crippen LogP contribution in [0.5, 0.6) is 23.0 Å². The molecule has 1 amide bonds. The Kier molecular flexibility index (Phi) is 15.1. The minimum absolute atomic E-state index is 0.0408. The zero-order chi connectivity index (χ0) is 44.9. The molecule has 4 aliphatic rings. The standard InChI is InChI=1S/C45H61N3O13/c1-23-14-13-15-24(2)44(56)47-35-30(22-46-59-21-19-48-17-11-10-12-18-48)39(53)32-33(40(35)54)38(52)28(6)42-34(32)43(55)45(8,61-42)58-20-16-31(57-9)25(3)41(60-29(7)49)27(5)37(51)26(4)36(23)50/h13-16,20,22-23,25-27,31,36-37,41,50-54H,10-12,17-19,21H2,1-9H3,(H,47,56)/b14-13+,20-16+,24-15-,46-22-/t23-,25-,26-,27-,31+,36+,37-,41-,45+/m1/s1. The number of ether oxygens (including phenoxy) is 4. The van der Waals surface area contributed by atoms with Crippen LogP contribution in [0.25, 0.3) is 10.8 Å². The highest BCUT2D eigenvalue weighted by Gasteiger charge is 2.50. The number of oxime groups is 1. The fourth-order valence-electron chi connectivity index (χ4n) is 8.37. The molecular weight excluding hydrogens is 791 g/mol. The average molecular weight is 852 g/mol. The maximum atomic E-state index is 14.4. The zero-order valence-electron chi connectivity index (χ0n) is 36.4. The van der Waals surface area contributed by atoms with Crippen molar-refractivity contribution in [2.45, 2.75) is 105 Å². The largest absolute Gasteiger partial charge is 0.507 e. The Morgan fingerprint density at radius 2 is 1.66 bits per heavy atom. The summed E-state index contributed by atoms with van der Waals surface area (Å²) < 4.78 is 23.6. The van der Waals surface area contributed by atoms with Crippen LogP contribution < -0.4 is 10.1 Å². The number of nitrogens with one attached hydrogen (secondary N) is 1. The van der Waals surface area contributed by atoms with Gasteiger partial charge in [0.15, 0.2) is 5.75 Å². The molecule has 61 heavy (non-hydrogen) atoms. The van der Waals surface area contributed by atoms with Gasteiger partial charge in [0.25, 0.3) is 11.7 Å². The van der Waals surface area contributed by atoms with Crippen molar-refractivity contribution < 1.29 is 63.7 Å². The molecule has 4 heterocycles. The van der Waals surface area contributed by atoms with Crippen molar-refractivity contribution >= 4 is 40.3 Å². The lowest BCUT2D eigenvalue weighted by Crippen LogP contribution is -2.46. The highest BCUT2D eigenvalue weighted by Crippen LogP contribution is 2.55. The molecule has 4 aliphatic heterocycles. The van der Waals surface area contributed by atoms with Crippen LogP contribution in [-0.2, 0) is 28.6 Å². The van der Waals surface area contributed by atoms with E-state index in [1.54, 1.807) is 39.8 Å². The Labute approximate surface area is 356 Å². The topological polar surface area (TPSA) is 226 Å². The molecule has 0 unspecified atom stereocenters. The van der Waals surface area contributed by atoms with Gasteiger partial charge in [-0.3, -0.25) is 19.3 Å². The van der Waals surface area contributed by atoms with Gasteiger partial charge in [-0.2, -0.15) is 0 Å². The number of piperidine rings is 1. The number of ketones is 1. The molecule has 1 fully saturated rings. The number of phenols is 3. The van der Waals surface area contributed by atoms with Crippen LogP contribution in [0.1, 0.15) is 89.2 Å². The number of carbonyl (C=O) groups excluding carboxylic acids is 3. The summed E-state index contributed by atoms with van der Waals surface area (Å²) in [7, 11) is 1.43. The SMILES string of the molecule is CO[C@H]1/C=C/O[C@@]2(C)Oc3c(C)c(O)c4c(O)c(c(/C=N\OCCN5CCCCC5)c(O)c4c3C2=O)NC(=O)/C(C)=C\C=C\[C@@H](C)[C@H](O)[C@@H](C)[C@@H](O)[C@@H](C)[C@H](OC(C)=O)[C@@H]1C. The summed E-state index contributed by atoms with van der Waals surface area (Å²) in [4.78, 5) is 48.3. The second kappa shape index (κ2) is 19.7. The summed E-state index contributed by atoms with van der Waals surface area (Å²) in [5, 5.41) is 64.4. The van der Waals surface area contributed by atoms with Crippen molar-refractivity contribution in [1.82, 2.24) is 4.90 Å². The Morgan fingerprint density at radius 3 is 2.31 bits per heavy atom. The molecule has 16 heteroatoms. The number of likely N-dealkylation sites (tertiary alicyclic amines) is 1. The van der Waals surface area contributed by atoms with E-state index in [-0.39, 0.29) is 51.1 Å². The lowest BCUT2D eigenvalue weighted by atomic mass is 9.78.